The van der Waals surface area contributed by atoms with Crippen LogP contribution in [-0.2, 0) is 9.53 Å². The van der Waals surface area contributed by atoms with E-state index in [9.17, 15) is 9.90 Å². The Morgan fingerprint density at radius 1 is 1.82 bits per heavy atom. The second kappa shape index (κ2) is 3.53. The average Bonchev–Trinajstić information content (AvgIpc) is 2.37. The van der Waals surface area contributed by atoms with E-state index in [2.05, 4.69) is 4.74 Å². The Labute approximate surface area is 65.7 Å². The SMILES string of the molecule is COC(=O)CC1CC=CC1O. The van der Waals surface area contributed by atoms with Gasteiger partial charge in [-0.3, -0.25) is 4.79 Å². The van der Waals surface area contributed by atoms with Gasteiger partial charge in [-0.25, -0.2) is 0 Å². The van der Waals surface area contributed by atoms with E-state index in [0.29, 0.717) is 6.42 Å². The maximum atomic E-state index is 10.8. The monoisotopic (exact) mass is 156 g/mol. The molecule has 0 aromatic carbocycles. The number of carbonyl (C=O) groups is 1. The summed E-state index contributed by atoms with van der Waals surface area (Å²) in [5.74, 6) is -0.222. The van der Waals surface area contributed by atoms with Crippen molar-refractivity contribution < 1.29 is 14.6 Å². The van der Waals surface area contributed by atoms with Crippen LogP contribution in [-0.4, -0.2) is 24.3 Å². The second-order valence-corrected chi connectivity index (χ2v) is 2.69. The first kappa shape index (κ1) is 8.27. The summed E-state index contributed by atoms with van der Waals surface area (Å²) in [5, 5.41) is 9.24. The number of ether oxygens (including phenoxy) is 1. The summed E-state index contributed by atoms with van der Waals surface area (Å²) < 4.78 is 4.48. The van der Waals surface area contributed by atoms with Crippen molar-refractivity contribution in [2.45, 2.75) is 18.9 Å². The summed E-state index contributed by atoms with van der Waals surface area (Å²) in [6, 6.07) is 0. The number of esters is 1. The van der Waals surface area contributed by atoms with Crippen LogP contribution in [0.3, 0.4) is 0 Å². The van der Waals surface area contributed by atoms with Crippen molar-refractivity contribution in [3.63, 3.8) is 0 Å². The lowest BCUT2D eigenvalue weighted by atomic mass is 10.0. The highest BCUT2D eigenvalue weighted by Crippen LogP contribution is 2.22. The smallest absolute Gasteiger partial charge is 0.305 e. The predicted molar refractivity (Wildman–Crippen MR) is 39.9 cm³/mol. The van der Waals surface area contributed by atoms with Gasteiger partial charge in [0.15, 0.2) is 0 Å². The molecule has 0 saturated heterocycles. The number of hydrogen-bond acceptors (Lipinski definition) is 3. The maximum Gasteiger partial charge on any atom is 0.305 e. The molecule has 1 aliphatic rings. The number of aliphatic hydroxyl groups is 1. The number of aliphatic hydroxyl groups excluding tert-OH is 1. The lowest BCUT2D eigenvalue weighted by molar-refractivity contribution is -0.142. The lowest BCUT2D eigenvalue weighted by Crippen LogP contribution is -2.17. The molecule has 3 nitrogen and oxygen atoms in total. The zero-order chi connectivity index (χ0) is 8.27. The zero-order valence-electron chi connectivity index (χ0n) is 6.49. The molecule has 11 heavy (non-hydrogen) atoms. The Balaban J connectivity index is 2.33. The van der Waals surface area contributed by atoms with E-state index in [4.69, 9.17) is 0 Å². The first-order chi connectivity index (χ1) is 5.24. The summed E-state index contributed by atoms with van der Waals surface area (Å²) in [5.41, 5.74) is 0. The zero-order valence-corrected chi connectivity index (χ0v) is 6.49. The predicted octanol–water partition coefficient (Wildman–Crippen LogP) is 0.486. The van der Waals surface area contributed by atoms with Crippen LogP contribution in [0.5, 0.6) is 0 Å². The van der Waals surface area contributed by atoms with Crippen molar-refractivity contribution in [1.82, 2.24) is 0 Å². The van der Waals surface area contributed by atoms with Crippen LogP contribution in [0.2, 0.25) is 0 Å². The van der Waals surface area contributed by atoms with Crippen LogP contribution in [0.15, 0.2) is 12.2 Å². The Bertz CT molecular complexity index is 174. The largest absolute Gasteiger partial charge is 0.469 e. The molecule has 1 rings (SSSR count). The summed E-state index contributed by atoms with van der Waals surface area (Å²) in [7, 11) is 1.36. The van der Waals surface area contributed by atoms with Crippen LogP contribution >= 0.6 is 0 Å². The molecule has 2 atom stereocenters. The van der Waals surface area contributed by atoms with E-state index in [1.165, 1.54) is 7.11 Å². The number of methoxy groups -OCH3 is 1. The van der Waals surface area contributed by atoms with Gasteiger partial charge in [-0.15, -0.1) is 0 Å². The molecule has 1 aliphatic carbocycles. The molecule has 0 heterocycles. The van der Waals surface area contributed by atoms with Gasteiger partial charge < -0.3 is 9.84 Å². The molecule has 0 amide bonds. The summed E-state index contributed by atoms with van der Waals surface area (Å²) in [6.45, 7) is 0. The van der Waals surface area contributed by atoms with Crippen LogP contribution < -0.4 is 0 Å². The first-order valence-electron chi connectivity index (χ1n) is 3.65. The fourth-order valence-corrected chi connectivity index (χ4v) is 1.19. The molecule has 2 unspecified atom stereocenters. The standard InChI is InChI=1S/C8H12O3/c1-11-8(10)5-6-3-2-4-7(6)9/h2,4,6-7,9H,3,5H2,1H3. The van der Waals surface area contributed by atoms with E-state index in [1.807, 2.05) is 6.08 Å². The van der Waals surface area contributed by atoms with Gasteiger partial charge in [0.2, 0.25) is 0 Å². The molecular formula is C8H12O3. The molecule has 0 saturated carbocycles. The fraction of sp³-hybridized carbons (Fsp3) is 0.625. The van der Waals surface area contributed by atoms with Gasteiger partial charge in [0.05, 0.1) is 19.6 Å². The van der Waals surface area contributed by atoms with Crippen LogP contribution in [0.1, 0.15) is 12.8 Å². The quantitative estimate of drug-likeness (QED) is 0.467. The highest BCUT2D eigenvalue weighted by Gasteiger charge is 2.23. The normalized spacial score (nSPS) is 28.9. The van der Waals surface area contributed by atoms with Crippen molar-refractivity contribution in [3.8, 4) is 0 Å². The first-order valence-corrected chi connectivity index (χ1v) is 3.65. The summed E-state index contributed by atoms with van der Waals surface area (Å²) in [6.07, 6.45) is 4.22. The van der Waals surface area contributed by atoms with Crippen molar-refractivity contribution in [3.05, 3.63) is 12.2 Å². The van der Waals surface area contributed by atoms with Gasteiger partial charge >= 0.3 is 5.97 Å². The fourth-order valence-electron chi connectivity index (χ4n) is 1.19. The van der Waals surface area contributed by atoms with Crippen LogP contribution in [0.4, 0.5) is 0 Å². The minimum Gasteiger partial charge on any atom is -0.469 e. The highest BCUT2D eigenvalue weighted by molar-refractivity contribution is 5.69. The number of carbonyl (C=O) groups excluding carboxylic acids is 1. The van der Waals surface area contributed by atoms with E-state index in [1.54, 1.807) is 6.08 Å². The van der Waals surface area contributed by atoms with E-state index >= 15 is 0 Å². The average molecular weight is 156 g/mol. The molecule has 0 radical (unpaired) electrons. The maximum absolute atomic E-state index is 10.8. The van der Waals surface area contributed by atoms with Crippen LogP contribution in [0.25, 0.3) is 0 Å². The van der Waals surface area contributed by atoms with Gasteiger partial charge in [0, 0.05) is 5.92 Å². The molecule has 0 aliphatic heterocycles. The van der Waals surface area contributed by atoms with Gasteiger partial charge in [-0.05, 0) is 6.42 Å². The van der Waals surface area contributed by atoms with E-state index in [0.717, 1.165) is 6.42 Å². The van der Waals surface area contributed by atoms with Gasteiger partial charge in [-0.2, -0.15) is 0 Å². The van der Waals surface area contributed by atoms with Crippen molar-refractivity contribution in [2.75, 3.05) is 7.11 Å². The minimum absolute atomic E-state index is 0.0300. The topological polar surface area (TPSA) is 46.5 Å². The van der Waals surface area contributed by atoms with Crippen molar-refractivity contribution in [1.29, 1.82) is 0 Å². The highest BCUT2D eigenvalue weighted by atomic mass is 16.5. The van der Waals surface area contributed by atoms with Crippen LogP contribution in [0, 0.1) is 5.92 Å². The number of hydrogen-bond donors (Lipinski definition) is 1. The molecule has 0 fully saturated rings. The molecule has 0 bridgehead atoms. The Morgan fingerprint density at radius 2 is 2.55 bits per heavy atom. The second-order valence-electron chi connectivity index (χ2n) is 2.69. The number of allylic oxidation sites excluding steroid dienone is 1. The molecule has 62 valence electrons. The summed E-state index contributed by atoms with van der Waals surface area (Å²) in [4.78, 5) is 10.8. The third kappa shape index (κ3) is 2.05. The number of rotatable bonds is 2. The van der Waals surface area contributed by atoms with Crippen molar-refractivity contribution >= 4 is 5.97 Å². The Kier molecular flexibility index (Phi) is 2.65. The Hall–Kier alpha value is -0.830. The van der Waals surface area contributed by atoms with Gasteiger partial charge in [0.25, 0.3) is 0 Å². The van der Waals surface area contributed by atoms with E-state index in [-0.39, 0.29) is 11.9 Å². The lowest BCUT2D eigenvalue weighted by Gasteiger charge is -2.11. The molecule has 3 heteroatoms. The van der Waals surface area contributed by atoms with Crippen molar-refractivity contribution in [2.24, 2.45) is 5.92 Å². The molecule has 0 aromatic heterocycles. The molecule has 0 spiro atoms. The minimum atomic E-state index is -0.464. The molecular weight excluding hydrogens is 144 g/mol. The Morgan fingerprint density at radius 3 is 3.00 bits per heavy atom. The molecule has 1 N–H and O–H groups in total. The third-order valence-corrected chi connectivity index (χ3v) is 1.91. The van der Waals surface area contributed by atoms with Gasteiger partial charge in [-0.1, -0.05) is 12.2 Å². The van der Waals surface area contributed by atoms with E-state index < -0.39 is 6.10 Å². The molecule has 0 aromatic rings. The summed E-state index contributed by atoms with van der Waals surface area (Å²) >= 11 is 0. The van der Waals surface area contributed by atoms with Gasteiger partial charge in [0.1, 0.15) is 0 Å². The third-order valence-electron chi connectivity index (χ3n) is 1.91.